The molecule has 1 amide bonds. The van der Waals surface area contributed by atoms with Crippen LogP contribution in [-0.4, -0.2) is 25.2 Å². The summed E-state index contributed by atoms with van der Waals surface area (Å²) in [6.07, 6.45) is 0.351. The summed E-state index contributed by atoms with van der Waals surface area (Å²) in [5.41, 5.74) is 1.65. The van der Waals surface area contributed by atoms with Crippen molar-refractivity contribution in [3.8, 4) is 11.5 Å². The minimum atomic E-state index is 0.0349. The zero-order chi connectivity index (χ0) is 10.3. The molecule has 1 aliphatic heterocycles. The van der Waals surface area contributed by atoms with Gasteiger partial charge in [0.15, 0.2) is 11.5 Å². The van der Waals surface area contributed by atoms with Gasteiger partial charge in [-0.15, -0.1) is 0 Å². The first kappa shape index (κ1) is 8.87. The molecule has 0 saturated carbocycles. The second-order valence-corrected chi connectivity index (χ2v) is 3.28. The standard InChI is InChI=1S/C10H11NO3/c1-11-7-5-9(14-2)8(12)3-6(7)4-10(11)13/h3,5,12H,4H2,1-2H3. The van der Waals surface area contributed by atoms with Gasteiger partial charge in [0.25, 0.3) is 0 Å². The number of hydrogen-bond donors (Lipinski definition) is 1. The molecule has 1 N–H and O–H groups in total. The van der Waals surface area contributed by atoms with Crippen LogP contribution in [0.4, 0.5) is 5.69 Å². The first-order chi connectivity index (χ1) is 6.63. The summed E-state index contributed by atoms with van der Waals surface area (Å²) in [7, 11) is 3.20. The molecule has 0 saturated heterocycles. The Hall–Kier alpha value is -1.71. The number of benzene rings is 1. The van der Waals surface area contributed by atoms with E-state index < -0.39 is 0 Å². The molecule has 1 aromatic carbocycles. The van der Waals surface area contributed by atoms with E-state index in [1.807, 2.05) is 0 Å². The highest BCUT2D eigenvalue weighted by Gasteiger charge is 2.25. The van der Waals surface area contributed by atoms with Gasteiger partial charge in [0.05, 0.1) is 19.2 Å². The molecule has 4 nitrogen and oxygen atoms in total. The summed E-state index contributed by atoms with van der Waals surface area (Å²) in [5, 5.41) is 9.49. The largest absolute Gasteiger partial charge is 0.504 e. The van der Waals surface area contributed by atoms with Crippen LogP contribution >= 0.6 is 0 Å². The van der Waals surface area contributed by atoms with E-state index in [4.69, 9.17) is 4.74 Å². The number of phenols is 1. The fourth-order valence-electron chi connectivity index (χ4n) is 1.63. The van der Waals surface area contributed by atoms with Crippen molar-refractivity contribution in [2.75, 3.05) is 19.1 Å². The molecule has 0 aliphatic carbocycles. The van der Waals surface area contributed by atoms with Crippen LogP contribution in [0.2, 0.25) is 0 Å². The number of hydrogen-bond acceptors (Lipinski definition) is 3. The predicted molar refractivity (Wildman–Crippen MR) is 51.8 cm³/mol. The van der Waals surface area contributed by atoms with E-state index in [9.17, 15) is 9.90 Å². The van der Waals surface area contributed by atoms with Gasteiger partial charge in [-0.3, -0.25) is 4.79 Å². The smallest absolute Gasteiger partial charge is 0.231 e. The van der Waals surface area contributed by atoms with Crippen LogP contribution in [0.1, 0.15) is 5.56 Å². The summed E-state index contributed by atoms with van der Waals surface area (Å²) in [5.74, 6) is 0.507. The Morgan fingerprint density at radius 3 is 2.86 bits per heavy atom. The maximum absolute atomic E-state index is 11.3. The number of amides is 1. The van der Waals surface area contributed by atoms with E-state index in [1.165, 1.54) is 7.11 Å². The minimum absolute atomic E-state index is 0.0349. The lowest BCUT2D eigenvalue weighted by atomic mass is 10.1. The average Bonchev–Trinajstić information content (AvgIpc) is 2.41. The third-order valence-corrected chi connectivity index (χ3v) is 2.46. The first-order valence-electron chi connectivity index (χ1n) is 4.30. The quantitative estimate of drug-likeness (QED) is 0.721. The Labute approximate surface area is 81.7 Å². The fourth-order valence-corrected chi connectivity index (χ4v) is 1.63. The summed E-state index contributed by atoms with van der Waals surface area (Å²) in [6, 6.07) is 3.26. The maximum atomic E-state index is 11.3. The van der Waals surface area contributed by atoms with Gasteiger partial charge in [0.2, 0.25) is 5.91 Å². The van der Waals surface area contributed by atoms with Crippen LogP contribution in [0.5, 0.6) is 11.5 Å². The van der Waals surface area contributed by atoms with Crippen LogP contribution in [0, 0.1) is 0 Å². The Kier molecular flexibility index (Phi) is 1.84. The van der Waals surface area contributed by atoms with Gasteiger partial charge >= 0.3 is 0 Å². The molecule has 0 radical (unpaired) electrons. The number of ether oxygens (including phenoxy) is 1. The third-order valence-electron chi connectivity index (χ3n) is 2.46. The van der Waals surface area contributed by atoms with E-state index in [2.05, 4.69) is 0 Å². The molecule has 0 aromatic heterocycles. The summed E-state index contributed by atoms with van der Waals surface area (Å²) < 4.78 is 4.97. The van der Waals surface area contributed by atoms with Crippen molar-refractivity contribution in [1.82, 2.24) is 0 Å². The number of carbonyl (C=O) groups is 1. The topological polar surface area (TPSA) is 49.8 Å². The van der Waals surface area contributed by atoms with E-state index >= 15 is 0 Å². The number of phenolic OH excluding ortho intramolecular Hbond substituents is 1. The number of aromatic hydroxyl groups is 1. The predicted octanol–water partition coefficient (Wildman–Crippen LogP) is 0.920. The average molecular weight is 193 g/mol. The number of rotatable bonds is 1. The van der Waals surface area contributed by atoms with Crippen LogP contribution < -0.4 is 9.64 Å². The Bertz CT molecular complexity index is 401. The normalized spacial score (nSPS) is 14.4. The molecule has 0 spiro atoms. The number of methoxy groups -OCH3 is 1. The number of fused-ring (bicyclic) bond motifs is 1. The summed E-state index contributed by atoms with van der Waals surface area (Å²) >= 11 is 0. The molecule has 14 heavy (non-hydrogen) atoms. The van der Waals surface area contributed by atoms with E-state index in [0.29, 0.717) is 12.2 Å². The van der Waals surface area contributed by atoms with Crippen molar-refractivity contribution >= 4 is 11.6 Å². The fraction of sp³-hybridized carbons (Fsp3) is 0.300. The van der Waals surface area contributed by atoms with Gasteiger partial charge in [0.1, 0.15) is 0 Å². The molecular formula is C10H11NO3. The molecule has 1 aromatic rings. The van der Waals surface area contributed by atoms with Crippen molar-refractivity contribution in [3.63, 3.8) is 0 Å². The van der Waals surface area contributed by atoms with E-state index in [-0.39, 0.29) is 11.7 Å². The van der Waals surface area contributed by atoms with Gasteiger partial charge in [-0.05, 0) is 11.6 Å². The second-order valence-electron chi connectivity index (χ2n) is 3.28. The van der Waals surface area contributed by atoms with E-state index in [0.717, 1.165) is 11.3 Å². The van der Waals surface area contributed by atoms with Gasteiger partial charge in [-0.25, -0.2) is 0 Å². The number of anilines is 1. The highest BCUT2D eigenvalue weighted by molar-refractivity contribution is 6.01. The molecule has 4 heteroatoms. The van der Waals surface area contributed by atoms with Gasteiger partial charge in [0, 0.05) is 13.1 Å². The lowest BCUT2D eigenvalue weighted by Crippen LogP contribution is -2.20. The molecule has 0 unspecified atom stereocenters. The third kappa shape index (κ3) is 1.11. The van der Waals surface area contributed by atoms with Crippen LogP contribution in [-0.2, 0) is 11.2 Å². The number of likely N-dealkylation sites (N-methyl/N-ethyl adjacent to an activating group) is 1. The molecule has 0 fully saturated rings. The van der Waals surface area contributed by atoms with Crippen molar-refractivity contribution in [1.29, 1.82) is 0 Å². The van der Waals surface area contributed by atoms with Gasteiger partial charge in [-0.1, -0.05) is 0 Å². The highest BCUT2D eigenvalue weighted by atomic mass is 16.5. The molecule has 0 bridgehead atoms. The zero-order valence-corrected chi connectivity index (χ0v) is 8.07. The van der Waals surface area contributed by atoms with Gasteiger partial charge in [-0.2, -0.15) is 0 Å². The maximum Gasteiger partial charge on any atom is 0.231 e. The Balaban J connectivity index is 2.55. The number of carbonyl (C=O) groups excluding carboxylic acids is 1. The van der Waals surface area contributed by atoms with Crippen molar-refractivity contribution in [3.05, 3.63) is 17.7 Å². The molecule has 0 atom stereocenters. The van der Waals surface area contributed by atoms with Crippen molar-refractivity contribution in [2.24, 2.45) is 0 Å². The van der Waals surface area contributed by atoms with E-state index in [1.54, 1.807) is 24.1 Å². The molecular weight excluding hydrogens is 182 g/mol. The van der Waals surface area contributed by atoms with Crippen molar-refractivity contribution < 1.29 is 14.6 Å². The Morgan fingerprint density at radius 1 is 1.50 bits per heavy atom. The van der Waals surface area contributed by atoms with Crippen LogP contribution in [0.25, 0.3) is 0 Å². The highest BCUT2D eigenvalue weighted by Crippen LogP contribution is 2.37. The van der Waals surface area contributed by atoms with Crippen LogP contribution in [0.15, 0.2) is 12.1 Å². The summed E-state index contributed by atoms with van der Waals surface area (Å²) in [4.78, 5) is 12.9. The second kappa shape index (κ2) is 2.90. The summed E-state index contributed by atoms with van der Waals surface area (Å²) in [6.45, 7) is 0. The van der Waals surface area contributed by atoms with Crippen LogP contribution in [0.3, 0.4) is 0 Å². The molecule has 74 valence electrons. The molecule has 2 rings (SSSR count). The first-order valence-corrected chi connectivity index (χ1v) is 4.30. The molecule has 1 heterocycles. The monoisotopic (exact) mass is 193 g/mol. The lowest BCUT2D eigenvalue weighted by Gasteiger charge is -2.11. The minimum Gasteiger partial charge on any atom is -0.504 e. The molecule has 1 aliphatic rings. The SMILES string of the molecule is COc1cc2c(cc1O)CC(=O)N2C. The lowest BCUT2D eigenvalue weighted by molar-refractivity contribution is -0.117. The van der Waals surface area contributed by atoms with Crippen molar-refractivity contribution in [2.45, 2.75) is 6.42 Å². The Morgan fingerprint density at radius 2 is 2.21 bits per heavy atom. The van der Waals surface area contributed by atoms with Gasteiger partial charge < -0.3 is 14.7 Å². The number of nitrogens with zero attached hydrogens (tertiary/aromatic N) is 1. The zero-order valence-electron chi connectivity index (χ0n) is 8.07.